The van der Waals surface area contributed by atoms with E-state index in [0.29, 0.717) is 54.5 Å². The normalized spacial score (nSPS) is 10.9. The monoisotopic (exact) mass is 477 g/mol. The van der Waals surface area contributed by atoms with Crippen molar-refractivity contribution < 1.29 is 19.3 Å². The van der Waals surface area contributed by atoms with Crippen LogP contribution in [0.15, 0.2) is 34.8 Å². The number of hydrogen-bond acceptors (Lipinski definition) is 5. The van der Waals surface area contributed by atoms with Gasteiger partial charge in [0.1, 0.15) is 6.61 Å². The predicted molar refractivity (Wildman–Crippen MR) is 111 cm³/mol. The van der Waals surface area contributed by atoms with Crippen molar-refractivity contribution in [1.29, 1.82) is 0 Å². The Morgan fingerprint density at radius 2 is 1.96 bits per heavy atom. The minimum Gasteiger partial charge on any atom is -0.493 e. The first-order valence-electron chi connectivity index (χ1n) is 8.37. The van der Waals surface area contributed by atoms with Crippen LogP contribution >= 0.6 is 39.1 Å². The lowest BCUT2D eigenvalue weighted by molar-refractivity contribution is 0.0938. The first kappa shape index (κ1) is 22.3. The van der Waals surface area contributed by atoms with Gasteiger partial charge in [0.2, 0.25) is 0 Å². The van der Waals surface area contributed by atoms with Gasteiger partial charge in [-0.05, 0) is 45.8 Å². The molecule has 0 spiro atoms. The largest absolute Gasteiger partial charge is 0.493 e. The highest BCUT2D eigenvalue weighted by Crippen LogP contribution is 2.37. The zero-order chi connectivity index (χ0) is 19.6. The molecule has 0 saturated carbocycles. The average molecular weight is 479 g/mol. The zero-order valence-electron chi connectivity index (χ0n) is 14.9. The molecule has 148 valence electrons. The highest BCUT2D eigenvalue weighted by molar-refractivity contribution is 9.10. The summed E-state index contributed by atoms with van der Waals surface area (Å²) < 4.78 is 17.4. The second-order valence-corrected chi connectivity index (χ2v) is 7.34. The summed E-state index contributed by atoms with van der Waals surface area (Å²) in [5, 5.41) is 13.1. The highest BCUT2D eigenvalue weighted by Gasteiger charge is 2.13. The van der Waals surface area contributed by atoms with Crippen LogP contribution in [0.5, 0.6) is 11.5 Å². The molecule has 2 rings (SSSR count). The molecular weight excluding hydrogens is 457 g/mol. The van der Waals surface area contributed by atoms with Crippen LogP contribution in [0, 0.1) is 0 Å². The molecule has 0 heterocycles. The van der Waals surface area contributed by atoms with Gasteiger partial charge in [0, 0.05) is 28.7 Å². The molecule has 0 fully saturated rings. The van der Waals surface area contributed by atoms with Gasteiger partial charge < -0.3 is 24.6 Å². The molecule has 0 radical (unpaired) electrons. The van der Waals surface area contributed by atoms with Crippen LogP contribution in [0.2, 0.25) is 10.0 Å². The Labute approximate surface area is 177 Å². The van der Waals surface area contributed by atoms with Crippen molar-refractivity contribution in [3.8, 4) is 11.5 Å². The van der Waals surface area contributed by atoms with Gasteiger partial charge in [0.05, 0.1) is 31.4 Å². The van der Waals surface area contributed by atoms with E-state index in [1.54, 1.807) is 19.2 Å². The summed E-state index contributed by atoms with van der Waals surface area (Å²) in [5.41, 5.74) is 1.88. The summed E-state index contributed by atoms with van der Waals surface area (Å²) in [4.78, 5) is 0. The molecule has 27 heavy (non-hydrogen) atoms. The van der Waals surface area contributed by atoms with Crippen molar-refractivity contribution in [3.05, 3.63) is 56.0 Å². The molecule has 0 aliphatic carbocycles. The van der Waals surface area contributed by atoms with Gasteiger partial charge in [-0.2, -0.15) is 0 Å². The van der Waals surface area contributed by atoms with Gasteiger partial charge in [0.15, 0.2) is 11.5 Å². The topological polar surface area (TPSA) is 60.0 Å². The number of methoxy groups -OCH3 is 1. The quantitative estimate of drug-likeness (QED) is 0.467. The molecule has 0 aliphatic rings. The Bertz CT molecular complexity index is 746. The van der Waals surface area contributed by atoms with E-state index in [1.807, 2.05) is 18.2 Å². The van der Waals surface area contributed by atoms with E-state index in [-0.39, 0.29) is 6.61 Å². The Morgan fingerprint density at radius 3 is 2.67 bits per heavy atom. The minimum atomic E-state index is 0.0346. The number of aliphatic hydroxyl groups is 1. The number of aliphatic hydroxyl groups excluding tert-OH is 1. The highest BCUT2D eigenvalue weighted by atomic mass is 79.9. The van der Waals surface area contributed by atoms with E-state index in [9.17, 15) is 0 Å². The van der Waals surface area contributed by atoms with Gasteiger partial charge in [-0.1, -0.05) is 29.3 Å². The third kappa shape index (κ3) is 7.14. The van der Waals surface area contributed by atoms with Crippen molar-refractivity contribution in [2.24, 2.45) is 0 Å². The number of hydrogen-bond donors (Lipinski definition) is 2. The fourth-order valence-electron chi connectivity index (χ4n) is 2.35. The molecule has 0 atom stereocenters. The Balaban J connectivity index is 1.98. The lowest BCUT2D eigenvalue weighted by Crippen LogP contribution is -2.20. The maximum Gasteiger partial charge on any atom is 0.175 e. The maximum atomic E-state index is 8.67. The standard InChI is InChI=1S/C19H22BrCl2NO4/c1-25-18-9-13(11-23-4-6-26-7-5-24)8-16(20)19(18)27-12-14-2-3-15(21)10-17(14)22/h2-3,8-10,23-24H,4-7,11-12H2,1H3. The minimum absolute atomic E-state index is 0.0346. The molecule has 0 saturated heterocycles. The lowest BCUT2D eigenvalue weighted by Gasteiger charge is -2.15. The first-order chi connectivity index (χ1) is 13.0. The second-order valence-electron chi connectivity index (χ2n) is 5.65. The average Bonchev–Trinajstić information content (AvgIpc) is 2.64. The SMILES string of the molecule is COc1cc(CNCCOCCO)cc(Br)c1OCc1ccc(Cl)cc1Cl. The van der Waals surface area contributed by atoms with Crippen LogP contribution in [0.3, 0.4) is 0 Å². The van der Waals surface area contributed by atoms with E-state index in [0.717, 1.165) is 15.6 Å². The van der Waals surface area contributed by atoms with Crippen molar-refractivity contribution in [3.63, 3.8) is 0 Å². The smallest absolute Gasteiger partial charge is 0.175 e. The van der Waals surface area contributed by atoms with Gasteiger partial charge >= 0.3 is 0 Å². The number of nitrogens with one attached hydrogen (secondary N) is 1. The molecule has 2 N–H and O–H groups in total. The van der Waals surface area contributed by atoms with Crippen LogP contribution < -0.4 is 14.8 Å². The van der Waals surface area contributed by atoms with Crippen molar-refractivity contribution in [1.82, 2.24) is 5.32 Å². The predicted octanol–water partition coefficient (Wildman–Crippen LogP) is 4.44. The number of halogens is 3. The fourth-order valence-corrected chi connectivity index (χ4v) is 3.41. The van der Waals surface area contributed by atoms with Crippen LogP contribution in [0.1, 0.15) is 11.1 Å². The second kappa shape index (κ2) is 11.7. The van der Waals surface area contributed by atoms with Gasteiger partial charge in [-0.25, -0.2) is 0 Å². The van der Waals surface area contributed by atoms with Crippen LogP contribution in [0.4, 0.5) is 0 Å². The third-order valence-electron chi connectivity index (χ3n) is 3.66. The molecule has 0 bridgehead atoms. The number of benzene rings is 2. The third-order valence-corrected chi connectivity index (χ3v) is 4.84. The molecule has 0 amide bonds. The molecular formula is C19H22BrCl2NO4. The van der Waals surface area contributed by atoms with E-state index in [1.165, 1.54) is 0 Å². The molecule has 0 aliphatic heterocycles. The lowest BCUT2D eigenvalue weighted by atomic mass is 10.2. The molecule has 5 nitrogen and oxygen atoms in total. The summed E-state index contributed by atoms with van der Waals surface area (Å²) >= 11 is 15.7. The summed E-state index contributed by atoms with van der Waals surface area (Å²) in [6, 6.07) is 9.20. The van der Waals surface area contributed by atoms with E-state index < -0.39 is 0 Å². The van der Waals surface area contributed by atoms with Crippen LogP contribution in [-0.4, -0.2) is 38.6 Å². The molecule has 0 aromatic heterocycles. The first-order valence-corrected chi connectivity index (χ1v) is 9.92. The summed E-state index contributed by atoms with van der Waals surface area (Å²) in [6.07, 6.45) is 0. The maximum absolute atomic E-state index is 8.67. The number of ether oxygens (including phenoxy) is 3. The Morgan fingerprint density at radius 1 is 1.15 bits per heavy atom. The van der Waals surface area contributed by atoms with Crippen LogP contribution in [0.25, 0.3) is 0 Å². The molecule has 2 aromatic rings. The van der Waals surface area contributed by atoms with Crippen molar-refractivity contribution >= 4 is 39.1 Å². The van der Waals surface area contributed by atoms with E-state index >= 15 is 0 Å². The van der Waals surface area contributed by atoms with E-state index in [2.05, 4.69) is 21.2 Å². The fraction of sp³-hybridized carbons (Fsp3) is 0.368. The van der Waals surface area contributed by atoms with Gasteiger partial charge in [-0.15, -0.1) is 0 Å². The Kier molecular flexibility index (Phi) is 9.68. The Hall–Kier alpha value is -1.02. The summed E-state index contributed by atoms with van der Waals surface area (Å²) in [6.45, 7) is 2.57. The molecule has 2 aromatic carbocycles. The molecule has 8 heteroatoms. The van der Waals surface area contributed by atoms with Gasteiger partial charge in [0.25, 0.3) is 0 Å². The van der Waals surface area contributed by atoms with Crippen LogP contribution in [-0.2, 0) is 17.9 Å². The van der Waals surface area contributed by atoms with Crippen molar-refractivity contribution in [2.75, 3.05) is 33.5 Å². The zero-order valence-corrected chi connectivity index (χ0v) is 18.0. The van der Waals surface area contributed by atoms with E-state index in [4.69, 9.17) is 42.5 Å². The summed E-state index contributed by atoms with van der Waals surface area (Å²) in [7, 11) is 1.60. The summed E-state index contributed by atoms with van der Waals surface area (Å²) in [5.74, 6) is 1.24. The number of rotatable bonds is 11. The molecule has 0 unspecified atom stereocenters. The van der Waals surface area contributed by atoms with Gasteiger partial charge in [-0.3, -0.25) is 0 Å². The van der Waals surface area contributed by atoms with Crippen molar-refractivity contribution in [2.45, 2.75) is 13.2 Å².